The molecule has 5 nitrogen and oxygen atoms in total. The molecule has 0 amide bonds. The van der Waals surface area contributed by atoms with Crippen LogP contribution in [0.25, 0.3) is 33.2 Å². The van der Waals surface area contributed by atoms with E-state index in [0.29, 0.717) is 33.3 Å². The Labute approximate surface area is 136 Å². The van der Waals surface area contributed by atoms with Crippen molar-refractivity contribution >= 4 is 21.7 Å². The Morgan fingerprint density at radius 1 is 1.04 bits per heavy atom. The molecule has 0 saturated heterocycles. The minimum atomic E-state index is 0.366. The van der Waals surface area contributed by atoms with Gasteiger partial charge in [-0.25, -0.2) is 0 Å². The van der Waals surface area contributed by atoms with Crippen molar-refractivity contribution in [1.29, 1.82) is 5.26 Å². The second-order valence-corrected chi connectivity index (χ2v) is 5.34. The number of nitriles is 1. The molecule has 1 N–H and O–H groups in total. The molecular formula is C19H11N3O2. The van der Waals surface area contributed by atoms with Crippen molar-refractivity contribution in [1.82, 2.24) is 4.98 Å². The van der Waals surface area contributed by atoms with Crippen LogP contribution in [-0.4, -0.2) is 10.2 Å². The molecule has 4 rings (SSSR count). The molecule has 2 heterocycles. The first kappa shape index (κ1) is 14.0. The molecule has 0 radical (unpaired) electrons. The zero-order valence-corrected chi connectivity index (χ0v) is 12.5. The smallest absolute Gasteiger partial charge is 0.155 e. The highest BCUT2D eigenvalue weighted by molar-refractivity contribution is 5.85. The van der Waals surface area contributed by atoms with Gasteiger partial charge in [0.1, 0.15) is 16.6 Å². The van der Waals surface area contributed by atoms with Crippen molar-refractivity contribution in [3.05, 3.63) is 71.7 Å². The highest BCUT2D eigenvalue weighted by Crippen LogP contribution is 2.24. The SMILES string of the molecule is N#Cc1ccc2c(=NO)cc(-c3cc4ccccc4cn3)oc2c1. The normalized spacial score (nSPS) is 11.7. The molecular weight excluding hydrogens is 302 g/mol. The Kier molecular flexibility index (Phi) is 3.22. The molecule has 4 aromatic rings. The summed E-state index contributed by atoms with van der Waals surface area (Å²) in [6.07, 6.45) is 1.77. The van der Waals surface area contributed by atoms with Crippen LogP contribution in [-0.2, 0) is 0 Å². The third kappa shape index (κ3) is 2.27. The van der Waals surface area contributed by atoms with Gasteiger partial charge in [-0.05, 0) is 29.7 Å². The maximum atomic E-state index is 9.30. The highest BCUT2D eigenvalue weighted by atomic mass is 16.4. The second-order valence-electron chi connectivity index (χ2n) is 5.34. The van der Waals surface area contributed by atoms with Gasteiger partial charge in [-0.15, -0.1) is 0 Å². The summed E-state index contributed by atoms with van der Waals surface area (Å²) in [6, 6.07) is 18.5. The van der Waals surface area contributed by atoms with Crippen LogP contribution < -0.4 is 5.36 Å². The van der Waals surface area contributed by atoms with E-state index in [2.05, 4.69) is 16.2 Å². The first-order valence-corrected chi connectivity index (χ1v) is 7.30. The van der Waals surface area contributed by atoms with E-state index in [1.165, 1.54) is 0 Å². The average molecular weight is 313 g/mol. The molecule has 0 bridgehead atoms. The van der Waals surface area contributed by atoms with Crippen molar-refractivity contribution in [3.63, 3.8) is 0 Å². The van der Waals surface area contributed by atoms with E-state index in [9.17, 15) is 5.21 Å². The number of hydrogen-bond acceptors (Lipinski definition) is 5. The third-order valence-corrected chi connectivity index (χ3v) is 3.87. The summed E-state index contributed by atoms with van der Waals surface area (Å²) < 4.78 is 5.90. The van der Waals surface area contributed by atoms with E-state index in [4.69, 9.17) is 9.68 Å². The predicted molar refractivity (Wildman–Crippen MR) is 89.0 cm³/mol. The first-order valence-electron chi connectivity index (χ1n) is 7.30. The quantitative estimate of drug-likeness (QED) is 0.428. The summed E-state index contributed by atoms with van der Waals surface area (Å²) >= 11 is 0. The molecule has 0 aliphatic rings. The van der Waals surface area contributed by atoms with Gasteiger partial charge in [0.2, 0.25) is 0 Å². The van der Waals surface area contributed by atoms with Crippen molar-refractivity contribution in [2.45, 2.75) is 0 Å². The number of hydrogen-bond donors (Lipinski definition) is 1. The van der Waals surface area contributed by atoms with Gasteiger partial charge in [0.25, 0.3) is 0 Å². The van der Waals surface area contributed by atoms with E-state index in [0.717, 1.165) is 10.8 Å². The average Bonchev–Trinajstić information content (AvgIpc) is 2.66. The van der Waals surface area contributed by atoms with E-state index in [1.807, 2.05) is 30.3 Å². The second kappa shape index (κ2) is 5.52. The minimum Gasteiger partial charge on any atom is -0.454 e. The Hall–Kier alpha value is -3.65. The lowest BCUT2D eigenvalue weighted by Crippen LogP contribution is -2.03. The summed E-state index contributed by atoms with van der Waals surface area (Å²) in [5.41, 5.74) is 1.57. The van der Waals surface area contributed by atoms with E-state index in [1.54, 1.807) is 30.5 Å². The minimum absolute atomic E-state index is 0.366. The predicted octanol–water partition coefficient (Wildman–Crippen LogP) is 3.81. The monoisotopic (exact) mass is 313 g/mol. The number of pyridine rings is 1. The molecule has 0 fully saturated rings. The van der Waals surface area contributed by atoms with Crippen molar-refractivity contribution < 1.29 is 9.62 Å². The number of fused-ring (bicyclic) bond motifs is 2. The molecule has 2 aromatic heterocycles. The zero-order valence-electron chi connectivity index (χ0n) is 12.5. The Bertz CT molecular complexity index is 1190. The third-order valence-electron chi connectivity index (χ3n) is 3.87. The molecule has 0 aliphatic carbocycles. The fourth-order valence-electron chi connectivity index (χ4n) is 2.67. The molecule has 0 unspecified atom stereocenters. The van der Waals surface area contributed by atoms with E-state index >= 15 is 0 Å². The number of rotatable bonds is 1. The van der Waals surface area contributed by atoms with Gasteiger partial charge in [0.15, 0.2) is 5.76 Å². The molecule has 0 spiro atoms. The summed E-state index contributed by atoms with van der Waals surface area (Å²) in [5, 5.41) is 24.7. The largest absolute Gasteiger partial charge is 0.454 e. The molecule has 0 saturated carbocycles. The van der Waals surface area contributed by atoms with Crippen LogP contribution in [0.15, 0.2) is 70.4 Å². The molecule has 5 heteroatoms. The summed E-state index contributed by atoms with van der Waals surface area (Å²) in [5.74, 6) is 0.469. The van der Waals surface area contributed by atoms with Crippen LogP contribution in [0.3, 0.4) is 0 Å². The van der Waals surface area contributed by atoms with Crippen LogP contribution in [0.5, 0.6) is 0 Å². The van der Waals surface area contributed by atoms with Crippen molar-refractivity contribution in [2.24, 2.45) is 5.16 Å². The fraction of sp³-hybridized carbons (Fsp3) is 0. The lowest BCUT2D eigenvalue weighted by Gasteiger charge is -2.05. The Morgan fingerprint density at radius 3 is 2.67 bits per heavy atom. The van der Waals surface area contributed by atoms with Gasteiger partial charge in [-0.1, -0.05) is 29.4 Å². The Morgan fingerprint density at radius 2 is 1.88 bits per heavy atom. The van der Waals surface area contributed by atoms with Crippen molar-refractivity contribution in [2.75, 3.05) is 0 Å². The number of aromatic nitrogens is 1. The maximum absolute atomic E-state index is 9.30. The Balaban J connectivity index is 1.99. The van der Waals surface area contributed by atoms with Gasteiger partial charge in [0, 0.05) is 23.0 Å². The lowest BCUT2D eigenvalue weighted by atomic mass is 10.1. The molecule has 0 atom stereocenters. The standard InChI is InChI=1S/C19H11N3O2/c20-10-12-5-6-15-16(22-23)9-19(24-18(15)7-12)17-8-13-3-1-2-4-14(13)11-21-17/h1-9,11,23H. The van der Waals surface area contributed by atoms with Gasteiger partial charge < -0.3 is 9.62 Å². The van der Waals surface area contributed by atoms with Crippen LogP contribution in [0, 0.1) is 11.3 Å². The molecule has 24 heavy (non-hydrogen) atoms. The lowest BCUT2D eigenvalue weighted by molar-refractivity contribution is 0.302. The van der Waals surface area contributed by atoms with Crippen molar-refractivity contribution in [3.8, 4) is 17.5 Å². The topological polar surface area (TPSA) is 82.4 Å². The van der Waals surface area contributed by atoms with Gasteiger partial charge in [0.05, 0.1) is 11.6 Å². The number of benzene rings is 2. The van der Waals surface area contributed by atoms with Crippen LogP contribution in [0.4, 0.5) is 0 Å². The fourth-order valence-corrected chi connectivity index (χ4v) is 2.67. The highest BCUT2D eigenvalue weighted by Gasteiger charge is 2.09. The maximum Gasteiger partial charge on any atom is 0.155 e. The zero-order chi connectivity index (χ0) is 16.5. The molecule has 0 aliphatic heterocycles. The molecule has 114 valence electrons. The summed E-state index contributed by atoms with van der Waals surface area (Å²) in [7, 11) is 0. The van der Waals surface area contributed by atoms with Crippen LogP contribution >= 0.6 is 0 Å². The van der Waals surface area contributed by atoms with Crippen LogP contribution in [0.1, 0.15) is 5.56 Å². The summed E-state index contributed by atoms with van der Waals surface area (Å²) in [6.45, 7) is 0. The number of nitrogens with zero attached hydrogens (tertiary/aromatic N) is 3. The summed E-state index contributed by atoms with van der Waals surface area (Å²) in [4.78, 5) is 4.42. The van der Waals surface area contributed by atoms with Gasteiger partial charge in [-0.2, -0.15) is 5.26 Å². The van der Waals surface area contributed by atoms with Gasteiger partial charge >= 0.3 is 0 Å². The first-order chi connectivity index (χ1) is 11.8. The van der Waals surface area contributed by atoms with Crippen LogP contribution in [0.2, 0.25) is 0 Å². The van der Waals surface area contributed by atoms with E-state index < -0.39 is 0 Å². The molecule has 2 aromatic carbocycles. The van der Waals surface area contributed by atoms with Gasteiger partial charge in [-0.3, -0.25) is 4.98 Å². The van der Waals surface area contributed by atoms with E-state index in [-0.39, 0.29) is 0 Å².